The zero-order chi connectivity index (χ0) is 13.8. The molecule has 0 radical (unpaired) electrons. The number of nitrogens with one attached hydrogen (secondary N) is 1. The first kappa shape index (κ1) is 12.3. The minimum absolute atomic E-state index is 0.0707. The van der Waals surface area contributed by atoms with Crippen molar-refractivity contribution in [1.82, 2.24) is 19.7 Å². The molecule has 0 spiro atoms. The Bertz CT molecular complexity index is 718. The first-order chi connectivity index (χ1) is 9.83. The maximum absolute atomic E-state index is 12.0. The molecule has 0 aliphatic rings. The predicted octanol–water partition coefficient (Wildman–Crippen LogP) is 1.86. The van der Waals surface area contributed by atoms with Crippen molar-refractivity contribution in [3.8, 4) is 0 Å². The predicted molar refractivity (Wildman–Crippen MR) is 75.0 cm³/mol. The lowest BCUT2D eigenvalue weighted by atomic mass is 10.2. The summed E-state index contributed by atoms with van der Waals surface area (Å²) in [7, 11) is 0. The molecule has 6 nitrogen and oxygen atoms in total. The van der Waals surface area contributed by atoms with Crippen LogP contribution in [-0.4, -0.2) is 25.7 Å². The third-order valence-electron chi connectivity index (χ3n) is 2.94. The number of fused-ring (bicyclic) bond motifs is 1. The van der Waals surface area contributed by atoms with Crippen LogP contribution in [0.25, 0.3) is 10.9 Å². The van der Waals surface area contributed by atoms with Crippen molar-refractivity contribution in [2.24, 2.45) is 0 Å². The number of hydrogen-bond acceptors (Lipinski definition) is 4. The fourth-order valence-electron chi connectivity index (χ4n) is 1.98. The standard InChI is InChI=1S/C14H13N5O/c20-13(6-8-19-10-15-9-17-19)18-12-5-1-3-11-4-2-7-16-14(11)12/h1-5,7,9-10H,6,8H2,(H,18,20). The van der Waals surface area contributed by atoms with E-state index in [1.54, 1.807) is 17.2 Å². The Labute approximate surface area is 115 Å². The highest BCUT2D eigenvalue weighted by atomic mass is 16.1. The van der Waals surface area contributed by atoms with E-state index in [1.165, 1.54) is 6.33 Å². The molecular weight excluding hydrogens is 254 g/mol. The largest absolute Gasteiger partial charge is 0.324 e. The number of anilines is 1. The van der Waals surface area contributed by atoms with E-state index in [-0.39, 0.29) is 5.91 Å². The summed E-state index contributed by atoms with van der Waals surface area (Å²) in [6.07, 6.45) is 5.10. The van der Waals surface area contributed by atoms with Crippen molar-refractivity contribution in [2.75, 3.05) is 5.32 Å². The highest BCUT2D eigenvalue weighted by Crippen LogP contribution is 2.20. The number of para-hydroxylation sites is 1. The average Bonchev–Trinajstić information content (AvgIpc) is 2.99. The number of carbonyl (C=O) groups excluding carboxylic acids is 1. The van der Waals surface area contributed by atoms with E-state index in [1.807, 2.05) is 30.3 Å². The van der Waals surface area contributed by atoms with Crippen LogP contribution in [0.5, 0.6) is 0 Å². The molecule has 0 unspecified atom stereocenters. The topological polar surface area (TPSA) is 72.7 Å². The van der Waals surface area contributed by atoms with Gasteiger partial charge < -0.3 is 5.32 Å². The summed E-state index contributed by atoms with van der Waals surface area (Å²) in [5.41, 5.74) is 1.52. The van der Waals surface area contributed by atoms with Crippen molar-refractivity contribution < 1.29 is 4.79 Å². The second-order valence-corrected chi connectivity index (χ2v) is 4.34. The Hall–Kier alpha value is -2.76. The van der Waals surface area contributed by atoms with Gasteiger partial charge in [0.05, 0.1) is 17.7 Å². The first-order valence-corrected chi connectivity index (χ1v) is 6.29. The third-order valence-corrected chi connectivity index (χ3v) is 2.94. The van der Waals surface area contributed by atoms with E-state index >= 15 is 0 Å². The van der Waals surface area contributed by atoms with Gasteiger partial charge in [0.25, 0.3) is 0 Å². The molecule has 0 atom stereocenters. The number of aryl methyl sites for hydroxylation is 1. The summed E-state index contributed by atoms with van der Waals surface area (Å²) >= 11 is 0. The second-order valence-electron chi connectivity index (χ2n) is 4.34. The van der Waals surface area contributed by atoms with Gasteiger partial charge in [0.2, 0.25) is 5.91 Å². The van der Waals surface area contributed by atoms with E-state index in [2.05, 4.69) is 20.4 Å². The van der Waals surface area contributed by atoms with Gasteiger partial charge in [-0.15, -0.1) is 0 Å². The maximum atomic E-state index is 12.0. The Morgan fingerprint density at radius 2 is 2.15 bits per heavy atom. The summed E-state index contributed by atoms with van der Waals surface area (Å²) in [6.45, 7) is 0.504. The van der Waals surface area contributed by atoms with Crippen LogP contribution < -0.4 is 5.32 Å². The van der Waals surface area contributed by atoms with Crippen molar-refractivity contribution in [1.29, 1.82) is 0 Å². The number of rotatable bonds is 4. The zero-order valence-corrected chi connectivity index (χ0v) is 10.7. The van der Waals surface area contributed by atoms with Crippen LogP contribution in [0.3, 0.4) is 0 Å². The fraction of sp³-hybridized carbons (Fsp3) is 0.143. The summed E-state index contributed by atoms with van der Waals surface area (Å²) < 4.78 is 1.63. The Balaban J connectivity index is 1.71. The van der Waals surface area contributed by atoms with Gasteiger partial charge in [-0.3, -0.25) is 14.5 Å². The molecule has 3 aromatic rings. The highest BCUT2D eigenvalue weighted by molar-refractivity contribution is 6.00. The molecule has 2 aromatic heterocycles. The van der Waals surface area contributed by atoms with Crippen molar-refractivity contribution >= 4 is 22.5 Å². The molecule has 1 amide bonds. The van der Waals surface area contributed by atoms with Crippen LogP contribution >= 0.6 is 0 Å². The lowest BCUT2D eigenvalue weighted by Gasteiger charge is -2.07. The van der Waals surface area contributed by atoms with Gasteiger partial charge >= 0.3 is 0 Å². The lowest BCUT2D eigenvalue weighted by molar-refractivity contribution is -0.116. The van der Waals surface area contributed by atoms with Crippen LogP contribution in [0, 0.1) is 0 Å². The minimum atomic E-state index is -0.0707. The van der Waals surface area contributed by atoms with Gasteiger partial charge in [-0.25, -0.2) is 4.98 Å². The SMILES string of the molecule is O=C(CCn1cncn1)Nc1cccc2cccnc12. The maximum Gasteiger partial charge on any atom is 0.226 e. The molecule has 0 fully saturated rings. The Kier molecular flexibility index (Phi) is 3.36. The zero-order valence-electron chi connectivity index (χ0n) is 10.7. The van der Waals surface area contributed by atoms with Crippen LogP contribution in [-0.2, 0) is 11.3 Å². The number of aromatic nitrogens is 4. The molecule has 3 rings (SSSR count). The third kappa shape index (κ3) is 2.64. The molecule has 0 aliphatic heterocycles. The molecule has 2 heterocycles. The summed E-state index contributed by atoms with van der Waals surface area (Å²) in [5.74, 6) is -0.0707. The number of nitrogens with zero attached hydrogens (tertiary/aromatic N) is 4. The van der Waals surface area contributed by atoms with Crippen LogP contribution in [0.15, 0.2) is 49.2 Å². The van der Waals surface area contributed by atoms with Gasteiger partial charge in [0.15, 0.2) is 0 Å². The molecule has 0 saturated heterocycles. The number of carbonyl (C=O) groups is 1. The molecule has 100 valence electrons. The van der Waals surface area contributed by atoms with E-state index in [4.69, 9.17) is 0 Å². The fourth-order valence-corrected chi connectivity index (χ4v) is 1.98. The summed E-state index contributed by atoms with van der Waals surface area (Å²) in [4.78, 5) is 20.1. The number of hydrogen-bond donors (Lipinski definition) is 1. The van der Waals surface area contributed by atoms with Crippen molar-refractivity contribution in [3.63, 3.8) is 0 Å². The van der Waals surface area contributed by atoms with Gasteiger partial charge in [-0.2, -0.15) is 5.10 Å². The smallest absolute Gasteiger partial charge is 0.226 e. The second kappa shape index (κ2) is 5.48. The molecule has 1 N–H and O–H groups in total. The summed E-state index contributed by atoms with van der Waals surface area (Å²) in [6, 6.07) is 9.55. The van der Waals surface area contributed by atoms with Crippen LogP contribution in [0.4, 0.5) is 5.69 Å². The van der Waals surface area contributed by atoms with Crippen molar-refractivity contribution in [2.45, 2.75) is 13.0 Å². The molecule has 0 aliphatic carbocycles. The molecular formula is C14H13N5O. The van der Waals surface area contributed by atoms with E-state index in [9.17, 15) is 4.79 Å². The van der Waals surface area contributed by atoms with Crippen LogP contribution in [0.1, 0.15) is 6.42 Å². The average molecular weight is 267 g/mol. The van der Waals surface area contributed by atoms with E-state index < -0.39 is 0 Å². The highest BCUT2D eigenvalue weighted by Gasteiger charge is 2.06. The Morgan fingerprint density at radius 1 is 1.25 bits per heavy atom. The van der Waals surface area contributed by atoms with E-state index in [0.717, 1.165) is 16.6 Å². The van der Waals surface area contributed by atoms with Gasteiger partial charge in [0.1, 0.15) is 12.7 Å². The number of benzene rings is 1. The van der Waals surface area contributed by atoms with Gasteiger partial charge in [0, 0.05) is 18.0 Å². The number of amides is 1. The molecule has 6 heteroatoms. The lowest BCUT2D eigenvalue weighted by Crippen LogP contribution is -2.15. The minimum Gasteiger partial charge on any atom is -0.324 e. The van der Waals surface area contributed by atoms with E-state index in [0.29, 0.717) is 13.0 Å². The van der Waals surface area contributed by atoms with Gasteiger partial charge in [-0.1, -0.05) is 18.2 Å². The molecule has 1 aromatic carbocycles. The Morgan fingerprint density at radius 3 is 3.00 bits per heavy atom. The summed E-state index contributed by atoms with van der Waals surface area (Å²) in [5, 5.41) is 7.84. The quantitative estimate of drug-likeness (QED) is 0.783. The molecule has 0 bridgehead atoms. The monoisotopic (exact) mass is 267 g/mol. The molecule has 0 saturated carbocycles. The molecule has 20 heavy (non-hydrogen) atoms. The van der Waals surface area contributed by atoms with Crippen LogP contribution in [0.2, 0.25) is 0 Å². The normalized spacial score (nSPS) is 10.6. The van der Waals surface area contributed by atoms with Gasteiger partial charge in [-0.05, 0) is 12.1 Å². The number of pyridine rings is 1. The van der Waals surface area contributed by atoms with Crippen molar-refractivity contribution in [3.05, 3.63) is 49.2 Å². The first-order valence-electron chi connectivity index (χ1n) is 6.29.